The Balaban J connectivity index is 1.74. The van der Waals surface area contributed by atoms with E-state index in [-0.39, 0.29) is 10.9 Å². The number of benzene rings is 1. The lowest BCUT2D eigenvalue weighted by Crippen LogP contribution is -2.54. The van der Waals surface area contributed by atoms with E-state index in [0.717, 1.165) is 17.8 Å². The first kappa shape index (κ1) is 14.3. The number of fused-ring (bicyclic) bond motifs is 1. The van der Waals surface area contributed by atoms with Crippen LogP contribution in [0.2, 0.25) is 0 Å². The summed E-state index contributed by atoms with van der Waals surface area (Å²) in [5.41, 5.74) is 1.34. The van der Waals surface area contributed by atoms with E-state index in [2.05, 4.69) is 56.9 Å². The van der Waals surface area contributed by atoms with Gasteiger partial charge in [0.25, 0.3) is 0 Å². The van der Waals surface area contributed by atoms with Gasteiger partial charge in [0.05, 0.1) is 6.10 Å². The van der Waals surface area contributed by atoms with Crippen molar-refractivity contribution < 1.29 is 4.74 Å². The van der Waals surface area contributed by atoms with Gasteiger partial charge in [-0.15, -0.1) is 17.7 Å². The van der Waals surface area contributed by atoms with E-state index in [4.69, 9.17) is 4.74 Å². The summed E-state index contributed by atoms with van der Waals surface area (Å²) in [6.07, 6.45) is 4.47. The van der Waals surface area contributed by atoms with E-state index in [9.17, 15) is 0 Å². The first-order valence-electron chi connectivity index (χ1n) is 7.78. The molecule has 1 aliphatic heterocycles. The lowest BCUT2D eigenvalue weighted by Gasteiger charge is -2.47. The molecular weight excluding hydrogens is 264 g/mol. The Labute approximate surface area is 126 Å². The molecule has 0 bridgehead atoms. The van der Waals surface area contributed by atoms with Crippen molar-refractivity contribution in [3.63, 3.8) is 0 Å². The van der Waals surface area contributed by atoms with Crippen LogP contribution in [0.4, 0.5) is 0 Å². The Morgan fingerprint density at radius 1 is 1.20 bits per heavy atom. The van der Waals surface area contributed by atoms with Crippen LogP contribution in [-0.2, 0) is 15.6 Å². The second-order valence-electron chi connectivity index (χ2n) is 6.91. The molecule has 2 fully saturated rings. The lowest BCUT2D eigenvalue weighted by molar-refractivity contribution is -0.0246. The van der Waals surface area contributed by atoms with Crippen LogP contribution >= 0.6 is 0 Å². The summed E-state index contributed by atoms with van der Waals surface area (Å²) in [5.74, 6) is 4.94. The summed E-state index contributed by atoms with van der Waals surface area (Å²) < 4.78 is 6.63. The van der Waals surface area contributed by atoms with E-state index >= 15 is 0 Å². The average Bonchev–Trinajstić information content (AvgIpc) is 2.43. The minimum Gasteiger partial charge on any atom is -0.333 e. The van der Waals surface area contributed by atoms with Gasteiger partial charge in [-0.25, -0.2) is 0 Å². The Morgan fingerprint density at radius 2 is 1.95 bits per heavy atom. The van der Waals surface area contributed by atoms with Crippen LogP contribution in [0.5, 0.6) is 0 Å². The predicted molar refractivity (Wildman–Crippen MR) is 87.5 cm³/mol. The van der Waals surface area contributed by atoms with Crippen molar-refractivity contribution in [3.8, 4) is 0 Å². The van der Waals surface area contributed by atoms with Crippen molar-refractivity contribution in [2.75, 3.05) is 5.94 Å². The first-order chi connectivity index (χ1) is 9.57. The quantitative estimate of drug-likeness (QED) is 0.580. The maximum atomic E-state index is 6.25. The molecule has 3 rings (SSSR count). The van der Waals surface area contributed by atoms with E-state index in [1.807, 2.05) is 0 Å². The van der Waals surface area contributed by atoms with Gasteiger partial charge in [0.1, 0.15) is 4.75 Å². The zero-order chi connectivity index (χ0) is 14.2. The second-order valence-corrected chi connectivity index (χ2v) is 9.29. The summed E-state index contributed by atoms with van der Waals surface area (Å²) in [6, 6.07) is 10.7. The maximum Gasteiger partial charge on any atom is 0.202 e. The van der Waals surface area contributed by atoms with Crippen molar-refractivity contribution in [3.05, 3.63) is 41.6 Å². The molecule has 1 aliphatic carbocycles. The normalized spacial score (nSPS) is 36.1. The SMILES string of the molecule is CC1CCC2C(C1)OC[S+]([CH-]c1ccccc1)C2(C)C. The molecule has 0 spiro atoms. The van der Waals surface area contributed by atoms with Gasteiger partial charge in [0.2, 0.25) is 5.94 Å². The molecule has 1 aromatic carbocycles. The number of rotatable bonds is 2. The summed E-state index contributed by atoms with van der Waals surface area (Å²) in [7, 11) is 0.217. The van der Waals surface area contributed by atoms with Crippen LogP contribution in [0.15, 0.2) is 30.3 Å². The highest BCUT2D eigenvalue weighted by Crippen LogP contribution is 2.46. The molecular formula is C18H26OS. The van der Waals surface area contributed by atoms with Crippen LogP contribution < -0.4 is 0 Å². The minimum atomic E-state index is 0.217. The molecule has 1 heterocycles. The molecule has 1 saturated heterocycles. The summed E-state index contributed by atoms with van der Waals surface area (Å²) in [4.78, 5) is 0. The minimum absolute atomic E-state index is 0.217. The highest BCUT2D eigenvalue weighted by molar-refractivity contribution is 8.00. The number of hydrogen-bond acceptors (Lipinski definition) is 1. The van der Waals surface area contributed by atoms with Crippen LogP contribution in [-0.4, -0.2) is 16.8 Å². The molecule has 2 aliphatic rings. The molecule has 0 amide bonds. The van der Waals surface area contributed by atoms with Crippen LogP contribution in [0, 0.1) is 17.6 Å². The summed E-state index contributed by atoms with van der Waals surface area (Å²) in [5, 5.41) is 0. The van der Waals surface area contributed by atoms with Crippen LogP contribution in [0.1, 0.15) is 45.6 Å². The molecule has 1 aromatic rings. The smallest absolute Gasteiger partial charge is 0.202 e. The van der Waals surface area contributed by atoms with Crippen molar-refractivity contribution in [1.29, 1.82) is 0 Å². The van der Waals surface area contributed by atoms with Gasteiger partial charge in [-0.3, -0.25) is 0 Å². The van der Waals surface area contributed by atoms with Gasteiger partial charge in [0.15, 0.2) is 0 Å². The molecule has 0 aromatic heterocycles. The third-order valence-corrected chi connectivity index (χ3v) is 7.71. The Morgan fingerprint density at radius 3 is 2.70 bits per heavy atom. The summed E-state index contributed by atoms with van der Waals surface area (Å²) in [6.45, 7) is 7.30. The molecule has 0 radical (unpaired) electrons. The van der Waals surface area contributed by atoms with E-state index in [1.165, 1.54) is 24.8 Å². The number of ether oxygens (including phenoxy) is 1. The van der Waals surface area contributed by atoms with E-state index in [0.29, 0.717) is 10.9 Å². The zero-order valence-corrected chi connectivity index (χ0v) is 13.7. The van der Waals surface area contributed by atoms with Gasteiger partial charge >= 0.3 is 0 Å². The fourth-order valence-electron chi connectivity index (χ4n) is 3.70. The van der Waals surface area contributed by atoms with Crippen molar-refractivity contribution in [2.45, 2.75) is 50.9 Å². The number of hydrogen-bond donors (Lipinski definition) is 0. The van der Waals surface area contributed by atoms with E-state index < -0.39 is 0 Å². The van der Waals surface area contributed by atoms with Crippen LogP contribution in [0.3, 0.4) is 0 Å². The molecule has 2 heteroatoms. The average molecular weight is 290 g/mol. The highest BCUT2D eigenvalue weighted by Gasteiger charge is 2.53. The Hall–Kier alpha value is -0.600. The second kappa shape index (κ2) is 5.65. The summed E-state index contributed by atoms with van der Waals surface area (Å²) >= 11 is 0. The maximum absolute atomic E-state index is 6.25. The van der Waals surface area contributed by atoms with Gasteiger partial charge in [0, 0.05) is 11.7 Å². The van der Waals surface area contributed by atoms with Crippen LogP contribution in [0.25, 0.3) is 0 Å². The topological polar surface area (TPSA) is 9.23 Å². The van der Waals surface area contributed by atoms with Gasteiger partial charge in [-0.05, 0) is 43.5 Å². The van der Waals surface area contributed by atoms with Gasteiger partial charge in [-0.2, -0.15) is 12.1 Å². The van der Waals surface area contributed by atoms with Crippen molar-refractivity contribution in [1.82, 2.24) is 0 Å². The molecule has 4 atom stereocenters. The third-order valence-electron chi connectivity index (χ3n) is 5.11. The largest absolute Gasteiger partial charge is 0.333 e. The third kappa shape index (κ3) is 2.73. The zero-order valence-electron chi connectivity index (χ0n) is 12.8. The first-order valence-corrected chi connectivity index (χ1v) is 9.24. The highest BCUT2D eigenvalue weighted by atomic mass is 32.2. The predicted octanol–water partition coefficient (Wildman–Crippen LogP) is 4.39. The lowest BCUT2D eigenvalue weighted by atomic mass is 9.75. The molecule has 1 nitrogen and oxygen atoms in total. The van der Waals surface area contributed by atoms with Crippen molar-refractivity contribution >= 4 is 10.9 Å². The van der Waals surface area contributed by atoms with Gasteiger partial charge in [-0.1, -0.05) is 19.4 Å². The molecule has 0 N–H and O–H groups in total. The Kier molecular flexibility index (Phi) is 4.05. The molecule has 20 heavy (non-hydrogen) atoms. The fourth-order valence-corrected chi connectivity index (χ4v) is 5.84. The molecule has 1 saturated carbocycles. The van der Waals surface area contributed by atoms with E-state index in [1.54, 1.807) is 0 Å². The monoisotopic (exact) mass is 290 g/mol. The standard InChI is InChI=1S/C18H26OS/c1-14-9-10-16-17(11-14)19-13-20(18(16,2)3)12-15-7-5-4-6-8-15/h4-8,12,14,16-17H,9-11,13H2,1-3H3. The van der Waals surface area contributed by atoms with Crippen molar-refractivity contribution in [2.24, 2.45) is 11.8 Å². The molecule has 110 valence electrons. The Bertz CT molecular complexity index is 442. The fraction of sp³-hybridized carbons (Fsp3) is 0.611. The van der Waals surface area contributed by atoms with Gasteiger partial charge < -0.3 is 4.74 Å². The molecule has 4 unspecified atom stereocenters.